The van der Waals surface area contributed by atoms with Gasteiger partial charge in [0.25, 0.3) is 0 Å². The third-order valence-electron chi connectivity index (χ3n) is 4.21. The zero-order chi connectivity index (χ0) is 16.2. The Kier molecular flexibility index (Phi) is 4.95. The van der Waals surface area contributed by atoms with Crippen molar-refractivity contribution in [3.63, 3.8) is 0 Å². The van der Waals surface area contributed by atoms with Gasteiger partial charge in [0.1, 0.15) is 0 Å². The minimum atomic E-state index is -0.510. The van der Waals surface area contributed by atoms with Gasteiger partial charge in [-0.1, -0.05) is 0 Å². The molecule has 0 radical (unpaired) electrons. The maximum Gasteiger partial charge on any atom is 0.240 e. The SMILES string of the molecule is CC(N)C(=O)Nc1ccc2c(ccn2CCN2CCOCC2)c1. The Morgan fingerprint density at radius 1 is 1.30 bits per heavy atom. The van der Waals surface area contributed by atoms with E-state index >= 15 is 0 Å². The summed E-state index contributed by atoms with van der Waals surface area (Å²) in [6, 6.07) is 7.53. The minimum absolute atomic E-state index is 0.170. The fourth-order valence-corrected chi connectivity index (χ4v) is 2.80. The molecule has 124 valence electrons. The third-order valence-corrected chi connectivity index (χ3v) is 4.21. The topological polar surface area (TPSA) is 72.5 Å². The van der Waals surface area contributed by atoms with Crippen molar-refractivity contribution in [1.29, 1.82) is 0 Å². The number of carbonyl (C=O) groups is 1. The Hall–Kier alpha value is -1.89. The molecule has 3 N–H and O–H groups in total. The molecule has 1 aliphatic rings. The highest BCUT2D eigenvalue weighted by Gasteiger charge is 2.11. The predicted molar refractivity (Wildman–Crippen MR) is 91.5 cm³/mol. The van der Waals surface area contributed by atoms with Gasteiger partial charge < -0.3 is 20.4 Å². The molecule has 6 heteroatoms. The number of nitrogens with two attached hydrogens (primary N) is 1. The number of amides is 1. The van der Waals surface area contributed by atoms with E-state index in [1.807, 2.05) is 18.2 Å². The summed E-state index contributed by atoms with van der Waals surface area (Å²) in [5, 5.41) is 3.95. The van der Waals surface area contributed by atoms with Gasteiger partial charge in [0.05, 0.1) is 19.3 Å². The van der Waals surface area contributed by atoms with Crippen LogP contribution >= 0.6 is 0 Å². The lowest BCUT2D eigenvalue weighted by atomic mass is 10.2. The van der Waals surface area contributed by atoms with E-state index in [0.717, 1.165) is 50.5 Å². The summed E-state index contributed by atoms with van der Waals surface area (Å²) < 4.78 is 7.63. The van der Waals surface area contributed by atoms with Crippen LogP contribution < -0.4 is 11.1 Å². The van der Waals surface area contributed by atoms with Gasteiger partial charge in [-0.2, -0.15) is 0 Å². The van der Waals surface area contributed by atoms with Gasteiger partial charge in [-0.25, -0.2) is 0 Å². The third kappa shape index (κ3) is 3.90. The Balaban J connectivity index is 1.67. The molecule has 1 atom stereocenters. The molecule has 1 aromatic heterocycles. The van der Waals surface area contributed by atoms with Gasteiger partial charge >= 0.3 is 0 Å². The molecule has 2 heterocycles. The van der Waals surface area contributed by atoms with Crippen molar-refractivity contribution in [2.75, 3.05) is 38.2 Å². The lowest BCUT2D eigenvalue weighted by Gasteiger charge is -2.26. The number of rotatable bonds is 5. The van der Waals surface area contributed by atoms with Gasteiger partial charge in [-0.15, -0.1) is 0 Å². The first-order valence-electron chi connectivity index (χ1n) is 8.09. The maximum absolute atomic E-state index is 11.7. The van der Waals surface area contributed by atoms with E-state index in [-0.39, 0.29) is 5.91 Å². The Labute approximate surface area is 136 Å². The molecule has 0 saturated carbocycles. The van der Waals surface area contributed by atoms with Crippen molar-refractivity contribution in [1.82, 2.24) is 9.47 Å². The smallest absolute Gasteiger partial charge is 0.240 e. The summed E-state index contributed by atoms with van der Waals surface area (Å²) in [5.74, 6) is -0.170. The van der Waals surface area contributed by atoms with Crippen molar-refractivity contribution in [3.05, 3.63) is 30.5 Å². The van der Waals surface area contributed by atoms with E-state index in [0.29, 0.717) is 0 Å². The second-order valence-electron chi connectivity index (χ2n) is 6.01. The molecule has 3 rings (SSSR count). The van der Waals surface area contributed by atoms with Gasteiger partial charge in [0, 0.05) is 49.0 Å². The molecular weight excluding hydrogens is 292 g/mol. The zero-order valence-corrected chi connectivity index (χ0v) is 13.5. The number of fused-ring (bicyclic) bond motifs is 1. The molecule has 2 aromatic rings. The zero-order valence-electron chi connectivity index (χ0n) is 13.5. The molecule has 1 amide bonds. The Bertz CT molecular complexity index is 674. The van der Waals surface area contributed by atoms with Crippen LogP contribution in [0.4, 0.5) is 5.69 Å². The Morgan fingerprint density at radius 2 is 2.09 bits per heavy atom. The highest BCUT2D eigenvalue weighted by molar-refractivity contribution is 5.96. The number of nitrogens with zero attached hydrogens (tertiary/aromatic N) is 2. The van der Waals surface area contributed by atoms with Crippen LogP contribution in [0.3, 0.4) is 0 Å². The first-order chi connectivity index (χ1) is 11.1. The van der Waals surface area contributed by atoms with E-state index in [4.69, 9.17) is 10.5 Å². The number of hydrogen-bond acceptors (Lipinski definition) is 4. The molecule has 1 fully saturated rings. The molecule has 1 aromatic carbocycles. The highest BCUT2D eigenvalue weighted by Crippen LogP contribution is 2.21. The fraction of sp³-hybridized carbons (Fsp3) is 0.471. The monoisotopic (exact) mass is 316 g/mol. The molecule has 1 saturated heterocycles. The van der Waals surface area contributed by atoms with Crippen LogP contribution in [0.1, 0.15) is 6.92 Å². The van der Waals surface area contributed by atoms with Gasteiger partial charge in [-0.3, -0.25) is 9.69 Å². The average Bonchev–Trinajstić information content (AvgIpc) is 2.96. The average molecular weight is 316 g/mol. The van der Waals surface area contributed by atoms with E-state index in [9.17, 15) is 4.79 Å². The van der Waals surface area contributed by atoms with Gasteiger partial charge in [-0.05, 0) is 31.2 Å². The molecular formula is C17H24N4O2. The minimum Gasteiger partial charge on any atom is -0.379 e. The van der Waals surface area contributed by atoms with Crippen LogP contribution in [0.25, 0.3) is 10.9 Å². The van der Waals surface area contributed by atoms with E-state index in [2.05, 4.69) is 27.0 Å². The highest BCUT2D eigenvalue weighted by atomic mass is 16.5. The molecule has 0 aliphatic carbocycles. The summed E-state index contributed by atoms with van der Waals surface area (Å²) >= 11 is 0. The van der Waals surface area contributed by atoms with Gasteiger partial charge in [0.2, 0.25) is 5.91 Å². The number of aromatic nitrogens is 1. The van der Waals surface area contributed by atoms with E-state index in [1.54, 1.807) is 6.92 Å². The molecule has 1 unspecified atom stereocenters. The lowest BCUT2D eigenvalue weighted by molar-refractivity contribution is -0.117. The van der Waals surface area contributed by atoms with Crippen molar-refractivity contribution < 1.29 is 9.53 Å². The van der Waals surface area contributed by atoms with Gasteiger partial charge in [0.15, 0.2) is 0 Å². The number of carbonyl (C=O) groups excluding carboxylic acids is 1. The number of hydrogen-bond donors (Lipinski definition) is 2. The van der Waals surface area contributed by atoms with Crippen LogP contribution in [0.5, 0.6) is 0 Å². The predicted octanol–water partition coefficient (Wildman–Crippen LogP) is 1.26. The van der Waals surface area contributed by atoms with Crippen LogP contribution in [-0.4, -0.2) is 54.3 Å². The quantitative estimate of drug-likeness (QED) is 0.871. The number of nitrogens with one attached hydrogen (secondary N) is 1. The van der Waals surface area contributed by atoms with Crippen molar-refractivity contribution >= 4 is 22.5 Å². The van der Waals surface area contributed by atoms with Crippen molar-refractivity contribution in [2.24, 2.45) is 5.73 Å². The molecule has 23 heavy (non-hydrogen) atoms. The first-order valence-corrected chi connectivity index (χ1v) is 8.09. The standard InChI is InChI=1S/C17H24N4O2/c1-13(18)17(22)19-15-2-3-16-14(12-15)4-5-21(16)7-6-20-8-10-23-11-9-20/h2-5,12-13H,6-11,18H2,1H3,(H,19,22). The summed E-state index contributed by atoms with van der Waals surface area (Å²) in [4.78, 5) is 14.1. The molecule has 0 spiro atoms. The van der Waals surface area contributed by atoms with Crippen LogP contribution in [0.15, 0.2) is 30.5 Å². The fourth-order valence-electron chi connectivity index (χ4n) is 2.80. The lowest BCUT2D eigenvalue weighted by Crippen LogP contribution is -2.38. The van der Waals surface area contributed by atoms with E-state index in [1.165, 1.54) is 5.52 Å². The first kappa shape index (κ1) is 16.0. The summed E-state index contributed by atoms with van der Waals surface area (Å²) in [6.07, 6.45) is 2.10. The Morgan fingerprint density at radius 3 is 2.83 bits per heavy atom. The second kappa shape index (κ2) is 7.12. The van der Waals surface area contributed by atoms with Crippen molar-refractivity contribution in [2.45, 2.75) is 19.5 Å². The van der Waals surface area contributed by atoms with Crippen molar-refractivity contribution in [3.8, 4) is 0 Å². The summed E-state index contributed by atoms with van der Waals surface area (Å²) in [7, 11) is 0. The van der Waals surface area contributed by atoms with E-state index < -0.39 is 6.04 Å². The molecule has 6 nitrogen and oxygen atoms in total. The number of morpholine rings is 1. The summed E-state index contributed by atoms with van der Waals surface area (Å²) in [6.45, 7) is 7.32. The molecule has 1 aliphatic heterocycles. The maximum atomic E-state index is 11.7. The second-order valence-corrected chi connectivity index (χ2v) is 6.01. The van der Waals surface area contributed by atoms with Crippen LogP contribution in [0.2, 0.25) is 0 Å². The summed E-state index contributed by atoms with van der Waals surface area (Å²) in [5.41, 5.74) is 7.54. The van der Waals surface area contributed by atoms with Crippen LogP contribution in [-0.2, 0) is 16.1 Å². The van der Waals surface area contributed by atoms with Crippen LogP contribution in [0, 0.1) is 0 Å². The normalized spacial score (nSPS) is 17.3. The number of ether oxygens (including phenoxy) is 1. The number of benzene rings is 1. The molecule has 0 bridgehead atoms. The largest absolute Gasteiger partial charge is 0.379 e. The number of anilines is 1.